The van der Waals surface area contributed by atoms with Crippen LogP contribution in [0, 0.1) is 0 Å². The molecule has 114 valence electrons. The van der Waals surface area contributed by atoms with Crippen molar-refractivity contribution < 1.29 is 19.0 Å². The lowest BCUT2D eigenvalue weighted by Gasteiger charge is -2.14. The maximum Gasteiger partial charge on any atom is 0.244 e. The van der Waals surface area contributed by atoms with Crippen LogP contribution in [0.25, 0.3) is 0 Å². The summed E-state index contributed by atoms with van der Waals surface area (Å²) in [7, 11) is 4.69. The summed E-state index contributed by atoms with van der Waals surface area (Å²) in [6.07, 6.45) is 6.78. The van der Waals surface area contributed by atoms with Crippen LogP contribution in [0.1, 0.15) is 12.5 Å². The zero-order chi connectivity index (χ0) is 15.7. The Morgan fingerprint density at radius 3 is 2.24 bits per heavy atom. The van der Waals surface area contributed by atoms with Gasteiger partial charge in [-0.1, -0.05) is 18.2 Å². The first-order chi connectivity index (χ1) is 10.2. The topological polar surface area (TPSA) is 56.8 Å². The highest BCUT2D eigenvalue weighted by atomic mass is 16.5. The number of amides is 1. The van der Waals surface area contributed by atoms with Gasteiger partial charge in [0, 0.05) is 24.3 Å². The van der Waals surface area contributed by atoms with Crippen molar-refractivity contribution in [3.05, 3.63) is 42.0 Å². The Balaban J connectivity index is 2.84. The normalized spacial score (nSPS) is 10.9. The Labute approximate surface area is 125 Å². The van der Waals surface area contributed by atoms with E-state index in [-0.39, 0.29) is 5.91 Å². The predicted octanol–water partition coefficient (Wildman–Crippen LogP) is 2.46. The third-order valence-electron chi connectivity index (χ3n) is 2.79. The first kappa shape index (κ1) is 16.6. The lowest BCUT2D eigenvalue weighted by molar-refractivity contribution is -0.116. The number of methoxy groups -OCH3 is 3. The summed E-state index contributed by atoms with van der Waals surface area (Å²) >= 11 is 0. The molecule has 0 aromatic heterocycles. The number of ether oxygens (including phenoxy) is 3. The van der Waals surface area contributed by atoms with Gasteiger partial charge < -0.3 is 19.5 Å². The molecule has 0 fully saturated rings. The van der Waals surface area contributed by atoms with E-state index in [9.17, 15) is 4.79 Å². The summed E-state index contributed by atoms with van der Waals surface area (Å²) in [6.45, 7) is 2.22. The second-order valence-corrected chi connectivity index (χ2v) is 4.12. The zero-order valence-corrected chi connectivity index (χ0v) is 12.8. The fourth-order valence-electron chi connectivity index (χ4n) is 1.73. The molecule has 1 aromatic rings. The second-order valence-electron chi connectivity index (χ2n) is 4.12. The van der Waals surface area contributed by atoms with Gasteiger partial charge in [0.2, 0.25) is 5.91 Å². The standard InChI is InChI=1S/C16H21NO4/c1-5-6-7-8-16(18)17-11-12-9-14(20-3)15(21-4)10-13(12)19-2/h5-10H,11H2,1-4H3,(H,17,18)/b6-5+,8-7+. The van der Waals surface area contributed by atoms with Crippen molar-refractivity contribution in [2.45, 2.75) is 13.5 Å². The quantitative estimate of drug-likeness (QED) is 0.619. The van der Waals surface area contributed by atoms with Crippen molar-refractivity contribution in [2.24, 2.45) is 0 Å². The van der Waals surface area contributed by atoms with Crippen LogP contribution < -0.4 is 19.5 Å². The van der Waals surface area contributed by atoms with E-state index < -0.39 is 0 Å². The number of rotatable bonds is 7. The summed E-state index contributed by atoms with van der Waals surface area (Å²) < 4.78 is 15.8. The summed E-state index contributed by atoms with van der Waals surface area (Å²) in [5.41, 5.74) is 0.808. The first-order valence-corrected chi connectivity index (χ1v) is 6.52. The Hall–Kier alpha value is -2.43. The molecule has 0 unspecified atom stereocenters. The van der Waals surface area contributed by atoms with Crippen molar-refractivity contribution >= 4 is 5.91 Å². The molecule has 1 rings (SSSR count). The van der Waals surface area contributed by atoms with Gasteiger partial charge in [-0.05, 0) is 13.0 Å². The fraction of sp³-hybridized carbons (Fsp3) is 0.312. The van der Waals surface area contributed by atoms with E-state index >= 15 is 0 Å². The van der Waals surface area contributed by atoms with Crippen LogP contribution in [0.15, 0.2) is 36.4 Å². The lowest BCUT2D eigenvalue weighted by atomic mass is 10.1. The van der Waals surface area contributed by atoms with E-state index in [1.54, 1.807) is 45.6 Å². The van der Waals surface area contributed by atoms with Crippen LogP contribution in [0.2, 0.25) is 0 Å². The monoisotopic (exact) mass is 291 g/mol. The number of hydrogen-bond acceptors (Lipinski definition) is 4. The number of allylic oxidation sites excluding steroid dienone is 3. The smallest absolute Gasteiger partial charge is 0.244 e. The van der Waals surface area contributed by atoms with Crippen molar-refractivity contribution in [1.82, 2.24) is 5.32 Å². The van der Waals surface area contributed by atoms with Gasteiger partial charge in [-0.15, -0.1) is 0 Å². The van der Waals surface area contributed by atoms with Gasteiger partial charge in [0.25, 0.3) is 0 Å². The third kappa shape index (κ3) is 4.87. The van der Waals surface area contributed by atoms with Gasteiger partial charge in [0.15, 0.2) is 11.5 Å². The molecule has 1 amide bonds. The number of carbonyl (C=O) groups is 1. The minimum atomic E-state index is -0.176. The highest BCUT2D eigenvalue weighted by Crippen LogP contribution is 2.34. The minimum absolute atomic E-state index is 0.176. The molecule has 0 atom stereocenters. The van der Waals surface area contributed by atoms with E-state index in [1.165, 1.54) is 6.08 Å². The summed E-state index contributed by atoms with van der Waals surface area (Å²) in [4.78, 5) is 11.6. The average Bonchev–Trinajstić information content (AvgIpc) is 2.52. The second kappa shape index (κ2) is 8.68. The van der Waals surface area contributed by atoms with Gasteiger partial charge >= 0.3 is 0 Å². The molecule has 0 saturated heterocycles. The summed E-state index contributed by atoms with van der Waals surface area (Å²) in [5, 5.41) is 2.79. The molecule has 0 bridgehead atoms. The van der Waals surface area contributed by atoms with Gasteiger partial charge in [0.1, 0.15) is 5.75 Å². The molecule has 5 heteroatoms. The minimum Gasteiger partial charge on any atom is -0.496 e. The molecule has 0 aliphatic rings. The van der Waals surface area contributed by atoms with E-state index in [0.717, 1.165) is 5.56 Å². The number of carbonyl (C=O) groups excluding carboxylic acids is 1. The Morgan fingerprint density at radius 2 is 1.67 bits per heavy atom. The van der Waals surface area contributed by atoms with Crippen LogP contribution in [-0.2, 0) is 11.3 Å². The third-order valence-corrected chi connectivity index (χ3v) is 2.79. The van der Waals surface area contributed by atoms with Crippen molar-refractivity contribution in [3.63, 3.8) is 0 Å². The highest BCUT2D eigenvalue weighted by Gasteiger charge is 2.12. The van der Waals surface area contributed by atoms with E-state index in [2.05, 4.69) is 5.32 Å². The van der Waals surface area contributed by atoms with Crippen LogP contribution in [0.5, 0.6) is 17.2 Å². The van der Waals surface area contributed by atoms with Crippen molar-refractivity contribution in [1.29, 1.82) is 0 Å². The molecule has 0 radical (unpaired) electrons. The number of benzene rings is 1. The van der Waals surface area contributed by atoms with Gasteiger partial charge in [-0.25, -0.2) is 0 Å². The highest BCUT2D eigenvalue weighted by molar-refractivity contribution is 5.87. The molecular formula is C16H21NO4. The van der Waals surface area contributed by atoms with Crippen LogP contribution in [-0.4, -0.2) is 27.2 Å². The molecule has 0 saturated carbocycles. The Kier molecular flexibility index (Phi) is 6.87. The molecular weight excluding hydrogens is 270 g/mol. The SMILES string of the molecule is C/C=C/C=C/C(=O)NCc1cc(OC)c(OC)cc1OC. The van der Waals surface area contributed by atoms with Crippen LogP contribution in [0.3, 0.4) is 0 Å². The van der Waals surface area contributed by atoms with Gasteiger partial charge in [-0.3, -0.25) is 4.79 Å². The molecule has 0 spiro atoms. The number of nitrogens with one attached hydrogen (secondary N) is 1. The van der Waals surface area contributed by atoms with Crippen LogP contribution >= 0.6 is 0 Å². The molecule has 0 heterocycles. The molecule has 21 heavy (non-hydrogen) atoms. The van der Waals surface area contributed by atoms with E-state index in [4.69, 9.17) is 14.2 Å². The summed E-state index contributed by atoms with van der Waals surface area (Å²) in [6, 6.07) is 3.52. The maximum atomic E-state index is 11.6. The van der Waals surface area contributed by atoms with Crippen molar-refractivity contribution in [2.75, 3.05) is 21.3 Å². The summed E-state index contributed by atoms with van der Waals surface area (Å²) in [5.74, 6) is 1.62. The molecule has 1 N–H and O–H groups in total. The lowest BCUT2D eigenvalue weighted by Crippen LogP contribution is -2.20. The Morgan fingerprint density at radius 1 is 1.05 bits per heavy atom. The zero-order valence-electron chi connectivity index (χ0n) is 12.8. The first-order valence-electron chi connectivity index (χ1n) is 6.52. The van der Waals surface area contributed by atoms with Crippen molar-refractivity contribution in [3.8, 4) is 17.2 Å². The van der Waals surface area contributed by atoms with Gasteiger partial charge in [-0.2, -0.15) is 0 Å². The molecule has 5 nitrogen and oxygen atoms in total. The number of hydrogen-bond donors (Lipinski definition) is 1. The fourth-order valence-corrected chi connectivity index (χ4v) is 1.73. The average molecular weight is 291 g/mol. The molecule has 0 aliphatic carbocycles. The maximum absolute atomic E-state index is 11.6. The molecule has 0 aliphatic heterocycles. The van der Waals surface area contributed by atoms with E-state index in [1.807, 2.05) is 13.0 Å². The molecule has 1 aromatic carbocycles. The largest absolute Gasteiger partial charge is 0.496 e. The van der Waals surface area contributed by atoms with Crippen LogP contribution in [0.4, 0.5) is 0 Å². The van der Waals surface area contributed by atoms with Gasteiger partial charge in [0.05, 0.1) is 21.3 Å². The predicted molar refractivity (Wildman–Crippen MR) is 81.9 cm³/mol. The Bertz CT molecular complexity index is 535. The van der Waals surface area contributed by atoms with E-state index in [0.29, 0.717) is 23.8 Å².